The Morgan fingerprint density at radius 2 is 1.39 bits per heavy atom. The molecule has 0 fully saturated rings. The van der Waals surface area contributed by atoms with Gasteiger partial charge in [0.2, 0.25) is 0 Å². The van der Waals surface area contributed by atoms with Crippen LogP contribution in [0.3, 0.4) is 0 Å². The molecule has 0 bridgehead atoms. The van der Waals surface area contributed by atoms with Gasteiger partial charge < -0.3 is 55.4 Å². The van der Waals surface area contributed by atoms with Crippen molar-refractivity contribution < 1.29 is 74.1 Å². The number of carbonyl (C=O) groups excluding carboxylic acids is 2. The maximum Gasteiger partial charge on any atom is 0.469 e. The number of esters is 1. The topological polar surface area (TPSA) is 272 Å². The van der Waals surface area contributed by atoms with E-state index in [1.54, 1.807) is 0 Å². The van der Waals surface area contributed by atoms with E-state index in [1.807, 2.05) is 0 Å². The third-order valence-electron chi connectivity index (χ3n) is 3.38. The van der Waals surface area contributed by atoms with E-state index < -0.39 is 75.8 Å². The maximum atomic E-state index is 11.7. The molecule has 0 unspecified atom stereocenters. The summed E-state index contributed by atoms with van der Waals surface area (Å²) < 4.78 is 18.7. The highest BCUT2D eigenvalue weighted by atomic mass is 31.2. The standard InChI is InChI=1S/C12H23O15P/c13-1-4(15)7(17)9(19)6(2-14)27-12(22)11(21)10(20)8(18)5(16)3-26-28(23,24)25/h2,4-11,13,15-21H,1,3H2,(H2,23,24,25)/t4-,5-,6+,7-,8-,9-,10+,11-/m1/s1. The summed E-state index contributed by atoms with van der Waals surface area (Å²) in [5, 5.41) is 75.2. The maximum absolute atomic E-state index is 11.7. The molecule has 0 aromatic rings. The number of phosphoric acid groups is 1. The van der Waals surface area contributed by atoms with Gasteiger partial charge >= 0.3 is 13.8 Å². The number of aliphatic hydroxyl groups excluding tert-OH is 8. The van der Waals surface area contributed by atoms with Gasteiger partial charge in [-0.3, -0.25) is 9.32 Å². The van der Waals surface area contributed by atoms with Crippen molar-refractivity contribution in [2.24, 2.45) is 0 Å². The van der Waals surface area contributed by atoms with Crippen molar-refractivity contribution in [1.29, 1.82) is 0 Å². The van der Waals surface area contributed by atoms with E-state index >= 15 is 0 Å². The summed E-state index contributed by atoms with van der Waals surface area (Å²) in [5.41, 5.74) is 0. The number of hydrogen-bond donors (Lipinski definition) is 10. The van der Waals surface area contributed by atoms with Gasteiger partial charge in [-0.25, -0.2) is 9.36 Å². The average Bonchev–Trinajstić information content (AvgIpc) is 2.65. The lowest BCUT2D eigenvalue weighted by Crippen LogP contribution is -2.52. The molecule has 0 aromatic carbocycles. The zero-order chi connectivity index (χ0) is 22.2. The second kappa shape index (κ2) is 11.8. The first-order chi connectivity index (χ1) is 12.8. The number of carbonyl (C=O) groups is 2. The van der Waals surface area contributed by atoms with Crippen LogP contribution in [0.2, 0.25) is 0 Å². The van der Waals surface area contributed by atoms with E-state index in [4.69, 9.17) is 14.9 Å². The fourth-order valence-electron chi connectivity index (χ4n) is 1.74. The molecule has 0 aliphatic carbocycles. The minimum Gasteiger partial charge on any atom is -0.450 e. The number of rotatable bonds is 13. The molecule has 0 rings (SSSR count). The Morgan fingerprint density at radius 3 is 1.82 bits per heavy atom. The highest BCUT2D eigenvalue weighted by Gasteiger charge is 2.39. The van der Waals surface area contributed by atoms with Gasteiger partial charge in [0.1, 0.15) is 36.6 Å². The Morgan fingerprint density at radius 1 is 0.893 bits per heavy atom. The fourth-order valence-corrected chi connectivity index (χ4v) is 2.08. The molecule has 0 spiro atoms. The molecule has 0 saturated carbocycles. The number of aliphatic hydroxyl groups is 8. The lowest BCUT2D eigenvalue weighted by atomic mass is 10.0. The second-order valence-corrected chi connectivity index (χ2v) is 6.79. The first-order valence-corrected chi connectivity index (χ1v) is 9.03. The molecule has 0 heterocycles. The molecule has 15 nitrogen and oxygen atoms in total. The van der Waals surface area contributed by atoms with E-state index in [0.717, 1.165) is 0 Å². The summed E-state index contributed by atoms with van der Waals surface area (Å²) in [6.45, 7) is -2.20. The van der Waals surface area contributed by atoms with Crippen LogP contribution >= 0.6 is 7.82 Å². The summed E-state index contributed by atoms with van der Waals surface area (Å²) >= 11 is 0. The molecule has 28 heavy (non-hydrogen) atoms. The zero-order valence-corrected chi connectivity index (χ0v) is 15.0. The third-order valence-corrected chi connectivity index (χ3v) is 3.86. The molecule has 0 aliphatic rings. The molecule has 8 atom stereocenters. The Hall–Kier alpha value is -1.07. The minimum absolute atomic E-state index is 0.200. The molecule has 0 amide bonds. The number of ether oxygens (including phenoxy) is 1. The van der Waals surface area contributed by atoms with E-state index in [2.05, 4.69) is 9.26 Å². The summed E-state index contributed by atoms with van der Waals surface area (Å²) in [7, 11) is -5.02. The van der Waals surface area contributed by atoms with Crippen molar-refractivity contribution in [2.75, 3.05) is 13.2 Å². The van der Waals surface area contributed by atoms with Crippen LogP contribution in [0.1, 0.15) is 0 Å². The Balaban J connectivity index is 4.92. The van der Waals surface area contributed by atoms with Gasteiger partial charge in [-0.15, -0.1) is 0 Å². The van der Waals surface area contributed by atoms with E-state index in [9.17, 15) is 49.9 Å². The van der Waals surface area contributed by atoms with Crippen molar-refractivity contribution in [3.63, 3.8) is 0 Å². The Bertz CT molecular complexity index is 537. The quantitative estimate of drug-likeness (QED) is 0.0727. The molecular formula is C12H23O15P. The van der Waals surface area contributed by atoms with Crippen LogP contribution in [0.25, 0.3) is 0 Å². The van der Waals surface area contributed by atoms with Crippen molar-refractivity contribution in [1.82, 2.24) is 0 Å². The van der Waals surface area contributed by atoms with E-state index in [1.165, 1.54) is 0 Å². The lowest BCUT2D eigenvalue weighted by Gasteiger charge is -2.28. The third kappa shape index (κ3) is 8.52. The van der Waals surface area contributed by atoms with Crippen molar-refractivity contribution in [2.45, 2.75) is 48.8 Å². The first kappa shape index (κ1) is 26.9. The highest BCUT2D eigenvalue weighted by Crippen LogP contribution is 2.35. The summed E-state index contributed by atoms with van der Waals surface area (Å²) in [5.74, 6) is -1.81. The van der Waals surface area contributed by atoms with E-state index in [0.29, 0.717) is 0 Å². The smallest absolute Gasteiger partial charge is 0.450 e. The molecule has 166 valence electrons. The molecule has 0 radical (unpaired) electrons. The molecule has 0 aliphatic heterocycles. The predicted molar refractivity (Wildman–Crippen MR) is 83.1 cm³/mol. The highest BCUT2D eigenvalue weighted by molar-refractivity contribution is 7.46. The van der Waals surface area contributed by atoms with Crippen molar-refractivity contribution in [3.8, 4) is 0 Å². The van der Waals surface area contributed by atoms with Gasteiger partial charge in [0.15, 0.2) is 18.5 Å². The van der Waals surface area contributed by atoms with Gasteiger partial charge in [0.25, 0.3) is 0 Å². The van der Waals surface area contributed by atoms with Crippen LogP contribution in [0.4, 0.5) is 0 Å². The monoisotopic (exact) mass is 438 g/mol. The van der Waals surface area contributed by atoms with Crippen LogP contribution in [-0.4, -0.2) is 125 Å². The van der Waals surface area contributed by atoms with E-state index in [-0.39, 0.29) is 6.29 Å². The average molecular weight is 438 g/mol. The van der Waals surface area contributed by atoms with Crippen LogP contribution < -0.4 is 0 Å². The van der Waals surface area contributed by atoms with Gasteiger partial charge in [0.05, 0.1) is 13.2 Å². The first-order valence-electron chi connectivity index (χ1n) is 7.50. The minimum atomic E-state index is -5.02. The number of hydrogen-bond acceptors (Lipinski definition) is 13. The largest absolute Gasteiger partial charge is 0.469 e. The molecule has 10 N–H and O–H groups in total. The van der Waals surface area contributed by atoms with Gasteiger partial charge in [-0.05, 0) is 0 Å². The Kier molecular flexibility index (Phi) is 11.4. The molecular weight excluding hydrogens is 415 g/mol. The van der Waals surface area contributed by atoms with Crippen molar-refractivity contribution in [3.05, 3.63) is 0 Å². The SMILES string of the molecule is O=C[C@H](OC(=O)[C@H](O)[C@@H](O)[C@H](O)[C@H](O)COP(=O)(O)O)[C@@H](O)[C@H](O)[C@H](O)CO. The van der Waals surface area contributed by atoms with Crippen LogP contribution in [0.5, 0.6) is 0 Å². The Labute approximate surface area is 157 Å². The van der Waals surface area contributed by atoms with Crippen LogP contribution in [0, 0.1) is 0 Å². The van der Waals surface area contributed by atoms with Crippen LogP contribution in [-0.2, 0) is 23.4 Å². The van der Waals surface area contributed by atoms with Gasteiger partial charge in [-0.1, -0.05) is 0 Å². The summed E-state index contributed by atoms with van der Waals surface area (Å²) in [6.07, 6.45) is -18.3. The zero-order valence-electron chi connectivity index (χ0n) is 14.1. The summed E-state index contributed by atoms with van der Waals surface area (Å²) in [4.78, 5) is 39.5. The summed E-state index contributed by atoms with van der Waals surface area (Å²) in [6, 6.07) is 0. The second-order valence-electron chi connectivity index (χ2n) is 5.55. The van der Waals surface area contributed by atoms with Crippen LogP contribution in [0.15, 0.2) is 0 Å². The molecule has 0 saturated heterocycles. The number of aldehydes is 1. The molecule has 16 heteroatoms. The fraction of sp³-hybridized carbons (Fsp3) is 0.833. The molecule has 0 aromatic heterocycles. The number of phosphoric ester groups is 1. The van der Waals surface area contributed by atoms with Gasteiger partial charge in [-0.2, -0.15) is 0 Å². The predicted octanol–water partition coefficient (Wildman–Crippen LogP) is -6.27. The van der Waals surface area contributed by atoms with Crippen molar-refractivity contribution >= 4 is 20.1 Å². The lowest BCUT2D eigenvalue weighted by molar-refractivity contribution is -0.186. The normalized spacial score (nSPS) is 20.9. The van der Waals surface area contributed by atoms with Gasteiger partial charge in [0, 0.05) is 0 Å².